The molecule has 0 aliphatic rings. The van der Waals surface area contributed by atoms with Gasteiger partial charge in [0.25, 0.3) is 0 Å². The van der Waals surface area contributed by atoms with Crippen LogP contribution in [0.2, 0.25) is 0 Å². The molecule has 0 unspecified atom stereocenters. The molecule has 0 aliphatic carbocycles. The van der Waals surface area contributed by atoms with Crippen molar-refractivity contribution in [3.63, 3.8) is 0 Å². The van der Waals surface area contributed by atoms with Crippen molar-refractivity contribution >= 4 is 22.0 Å². The van der Waals surface area contributed by atoms with Gasteiger partial charge in [-0.05, 0) is 28.1 Å². The van der Waals surface area contributed by atoms with Gasteiger partial charge in [-0.3, -0.25) is 0 Å². The van der Waals surface area contributed by atoms with Crippen LogP contribution in [0.5, 0.6) is 5.88 Å². The Hall–Kier alpha value is -1.34. The summed E-state index contributed by atoms with van der Waals surface area (Å²) >= 11 is 3.27. The molecule has 66 valence electrons. The number of rotatable bonds is 2. The van der Waals surface area contributed by atoms with Gasteiger partial charge in [0, 0.05) is 4.47 Å². The van der Waals surface area contributed by atoms with Crippen LogP contribution in [-0.4, -0.2) is 12.1 Å². The molecule has 0 radical (unpaired) electrons. The van der Waals surface area contributed by atoms with Crippen molar-refractivity contribution in [1.82, 2.24) is 4.98 Å². The standard InChI is InChI=1S/C9H7BrN2O/c1-3-8-7(10)4-6(5-11)9(12-8)13-2/h3-4H,1H2,2H3. The second-order valence-electron chi connectivity index (χ2n) is 2.23. The van der Waals surface area contributed by atoms with E-state index in [1.54, 1.807) is 12.1 Å². The normalized spacial score (nSPS) is 9.00. The monoisotopic (exact) mass is 238 g/mol. The number of aromatic nitrogens is 1. The minimum Gasteiger partial charge on any atom is -0.480 e. The molecule has 1 aromatic rings. The van der Waals surface area contributed by atoms with Gasteiger partial charge in [0.15, 0.2) is 0 Å². The van der Waals surface area contributed by atoms with E-state index >= 15 is 0 Å². The molecule has 0 bridgehead atoms. The van der Waals surface area contributed by atoms with E-state index in [1.165, 1.54) is 7.11 Å². The van der Waals surface area contributed by atoms with Crippen molar-refractivity contribution in [2.24, 2.45) is 0 Å². The van der Waals surface area contributed by atoms with E-state index in [0.717, 1.165) is 4.47 Å². The molecule has 0 fully saturated rings. The fourth-order valence-electron chi connectivity index (χ4n) is 0.864. The maximum Gasteiger partial charge on any atom is 0.232 e. The van der Waals surface area contributed by atoms with Crippen molar-refractivity contribution in [2.75, 3.05) is 7.11 Å². The summed E-state index contributed by atoms with van der Waals surface area (Å²) in [7, 11) is 1.48. The van der Waals surface area contributed by atoms with Crippen LogP contribution in [0.25, 0.3) is 6.08 Å². The molecule has 0 saturated carbocycles. The predicted octanol–water partition coefficient (Wildman–Crippen LogP) is 2.37. The van der Waals surface area contributed by atoms with Crippen LogP contribution in [0.1, 0.15) is 11.3 Å². The summed E-state index contributed by atoms with van der Waals surface area (Å²) in [6.07, 6.45) is 1.59. The number of halogens is 1. The van der Waals surface area contributed by atoms with Crippen LogP contribution in [0.15, 0.2) is 17.1 Å². The summed E-state index contributed by atoms with van der Waals surface area (Å²) in [6.45, 7) is 3.59. The molecule has 0 aromatic carbocycles. The van der Waals surface area contributed by atoms with Gasteiger partial charge >= 0.3 is 0 Å². The molecule has 0 saturated heterocycles. The van der Waals surface area contributed by atoms with E-state index in [0.29, 0.717) is 17.1 Å². The Kier molecular flexibility index (Phi) is 3.04. The highest BCUT2D eigenvalue weighted by Gasteiger charge is 2.07. The smallest absolute Gasteiger partial charge is 0.232 e. The Morgan fingerprint density at radius 2 is 2.46 bits per heavy atom. The quantitative estimate of drug-likeness (QED) is 0.795. The lowest BCUT2D eigenvalue weighted by atomic mass is 10.2. The van der Waals surface area contributed by atoms with Crippen molar-refractivity contribution in [2.45, 2.75) is 0 Å². The second-order valence-corrected chi connectivity index (χ2v) is 3.08. The molecule has 0 atom stereocenters. The first-order valence-corrected chi connectivity index (χ1v) is 4.29. The van der Waals surface area contributed by atoms with E-state index < -0.39 is 0 Å². The second kappa shape index (κ2) is 4.06. The topological polar surface area (TPSA) is 45.9 Å². The molecular formula is C9H7BrN2O. The van der Waals surface area contributed by atoms with Gasteiger partial charge in [-0.25, -0.2) is 4.98 Å². The average Bonchev–Trinajstić information content (AvgIpc) is 2.17. The average molecular weight is 239 g/mol. The van der Waals surface area contributed by atoms with E-state index in [1.807, 2.05) is 6.07 Å². The van der Waals surface area contributed by atoms with E-state index in [9.17, 15) is 0 Å². The summed E-state index contributed by atoms with van der Waals surface area (Å²) in [5.41, 5.74) is 1.07. The number of hydrogen-bond acceptors (Lipinski definition) is 3. The summed E-state index contributed by atoms with van der Waals surface area (Å²) in [5, 5.41) is 8.72. The lowest BCUT2D eigenvalue weighted by Crippen LogP contribution is -1.94. The van der Waals surface area contributed by atoms with Gasteiger partial charge in [-0.2, -0.15) is 5.26 Å². The molecule has 0 N–H and O–H groups in total. The van der Waals surface area contributed by atoms with Crippen LogP contribution >= 0.6 is 15.9 Å². The molecule has 0 spiro atoms. The van der Waals surface area contributed by atoms with Crippen molar-refractivity contribution < 1.29 is 4.74 Å². The van der Waals surface area contributed by atoms with E-state index in [-0.39, 0.29) is 0 Å². The first kappa shape index (κ1) is 9.75. The highest BCUT2D eigenvalue weighted by molar-refractivity contribution is 9.10. The molecule has 13 heavy (non-hydrogen) atoms. The first-order valence-electron chi connectivity index (χ1n) is 3.50. The fraction of sp³-hybridized carbons (Fsp3) is 0.111. The Morgan fingerprint density at radius 3 is 2.92 bits per heavy atom. The number of methoxy groups -OCH3 is 1. The summed E-state index contributed by atoms with van der Waals surface area (Å²) in [5.74, 6) is 0.320. The molecule has 3 nitrogen and oxygen atoms in total. The molecule has 4 heteroatoms. The number of pyridine rings is 1. The predicted molar refractivity (Wildman–Crippen MR) is 53.3 cm³/mol. The number of hydrogen-bond donors (Lipinski definition) is 0. The van der Waals surface area contributed by atoms with Crippen LogP contribution in [0.3, 0.4) is 0 Å². The van der Waals surface area contributed by atoms with Crippen LogP contribution in [-0.2, 0) is 0 Å². The van der Waals surface area contributed by atoms with Crippen molar-refractivity contribution in [3.8, 4) is 11.9 Å². The van der Waals surface area contributed by atoms with Gasteiger partial charge in [-0.15, -0.1) is 0 Å². The zero-order valence-electron chi connectivity index (χ0n) is 7.04. The summed E-state index contributed by atoms with van der Waals surface area (Å²) in [4.78, 5) is 4.07. The molecular weight excluding hydrogens is 232 g/mol. The van der Waals surface area contributed by atoms with Crippen LogP contribution in [0, 0.1) is 11.3 Å². The number of nitrogens with zero attached hydrogens (tertiary/aromatic N) is 2. The fourth-order valence-corrected chi connectivity index (χ4v) is 1.34. The SMILES string of the molecule is C=Cc1nc(OC)c(C#N)cc1Br. The van der Waals surface area contributed by atoms with Crippen LogP contribution < -0.4 is 4.74 Å². The maximum atomic E-state index is 8.72. The lowest BCUT2D eigenvalue weighted by molar-refractivity contribution is 0.396. The number of nitriles is 1. The number of ether oxygens (including phenoxy) is 1. The highest BCUT2D eigenvalue weighted by Crippen LogP contribution is 2.23. The Labute approximate surface area is 84.8 Å². The minimum absolute atomic E-state index is 0.320. The molecule has 1 rings (SSSR count). The lowest BCUT2D eigenvalue weighted by Gasteiger charge is -2.03. The molecule has 0 amide bonds. The van der Waals surface area contributed by atoms with Gasteiger partial charge in [0.1, 0.15) is 11.6 Å². The van der Waals surface area contributed by atoms with E-state index in [4.69, 9.17) is 10.00 Å². The van der Waals surface area contributed by atoms with Gasteiger partial charge in [0.2, 0.25) is 5.88 Å². The van der Waals surface area contributed by atoms with E-state index in [2.05, 4.69) is 27.5 Å². The zero-order chi connectivity index (χ0) is 9.84. The largest absolute Gasteiger partial charge is 0.480 e. The third-order valence-electron chi connectivity index (χ3n) is 1.48. The van der Waals surface area contributed by atoms with Gasteiger partial charge in [-0.1, -0.05) is 6.58 Å². The van der Waals surface area contributed by atoms with Gasteiger partial charge < -0.3 is 4.74 Å². The van der Waals surface area contributed by atoms with Crippen LogP contribution in [0.4, 0.5) is 0 Å². The Morgan fingerprint density at radius 1 is 1.77 bits per heavy atom. The zero-order valence-corrected chi connectivity index (χ0v) is 8.63. The van der Waals surface area contributed by atoms with Crippen molar-refractivity contribution in [3.05, 3.63) is 28.4 Å². The Balaban J connectivity index is 3.36. The van der Waals surface area contributed by atoms with Gasteiger partial charge in [0.05, 0.1) is 12.8 Å². The minimum atomic E-state index is 0.320. The molecule has 1 heterocycles. The summed E-state index contributed by atoms with van der Waals surface area (Å²) < 4.78 is 5.67. The third-order valence-corrected chi connectivity index (χ3v) is 2.11. The van der Waals surface area contributed by atoms with Crippen molar-refractivity contribution in [1.29, 1.82) is 5.26 Å². The Bertz CT molecular complexity index is 382. The first-order chi connectivity index (χ1) is 6.22. The highest BCUT2D eigenvalue weighted by atomic mass is 79.9. The molecule has 0 aliphatic heterocycles. The molecule has 1 aromatic heterocycles. The maximum absolute atomic E-state index is 8.72. The summed E-state index contributed by atoms with van der Waals surface area (Å²) in [6, 6.07) is 3.64. The third kappa shape index (κ3) is 1.87.